The number of ether oxygens (including phenoxy) is 1. The van der Waals surface area contributed by atoms with E-state index in [0.29, 0.717) is 23.7 Å². The molecule has 0 spiro atoms. The van der Waals surface area contributed by atoms with Gasteiger partial charge >= 0.3 is 5.97 Å². The van der Waals surface area contributed by atoms with Crippen LogP contribution in [0, 0.1) is 0 Å². The van der Waals surface area contributed by atoms with Gasteiger partial charge in [-0.2, -0.15) is 0 Å². The lowest BCUT2D eigenvalue weighted by molar-refractivity contribution is 0.0515. The van der Waals surface area contributed by atoms with Gasteiger partial charge in [-0.3, -0.25) is 0 Å². The van der Waals surface area contributed by atoms with E-state index in [4.69, 9.17) is 16.3 Å². The van der Waals surface area contributed by atoms with Gasteiger partial charge in [0, 0.05) is 17.3 Å². The van der Waals surface area contributed by atoms with Crippen molar-refractivity contribution in [2.45, 2.75) is 19.8 Å². The van der Waals surface area contributed by atoms with Gasteiger partial charge in [0.15, 0.2) is 0 Å². The number of hydrogen-bond donors (Lipinski definition) is 0. The minimum Gasteiger partial charge on any atom is -0.460 e. The Morgan fingerprint density at radius 2 is 1.87 bits per heavy atom. The normalized spacial score (nSPS) is 10.3. The van der Waals surface area contributed by atoms with Crippen LogP contribution in [0.5, 0.6) is 0 Å². The van der Waals surface area contributed by atoms with Crippen LogP contribution in [0.25, 0.3) is 0 Å². The molecule has 0 heterocycles. The number of esters is 1. The van der Waals surface area contributed by atoms with Crippen LogP contribution in [0.1, 0.15) is 30.1 Å². The fraction of sp³-hybridized carbons (Fsp3) is 0.316. The minimum atomic E-state index is -0.285. The SMILES string of the molecule is CCCCN(CCOC(=O)c1ccccc1)c1cccc(Cl)c1. The molecule has 3 nitrogen and oxygen atoms in total. The highest BCUT2D eigenvalue weighted by Crippen LogP contribution is 2.20. The van der Waals surface area contributed by atoms with Crippen LogP contribution in [0.2, 0.25) is 5.02 Å². The van der Waals surface area contributed by atoms with Gasteiger partial charge in [0.1, 0.15) is 6.61 Å². The molecule has 0 saturated heterocycles. The Labute approximate surface area is 142 Å². The molecular weight excluding hydrogens is 310 g/mol. The van der Waals surface area contributed by atoms with Crippen molar-refractivity contribution in [2.75, 3.05) is 24.6 Å². The maximum atomic E-state index is 12.0. The number of nitrogens with zero attached hydrogens (tertiary/aromatic N) is 1. The van der Waals surface area contributed by atoms with Crippen molar-refractivity contribution >= 4 is 23.3 Å². The molecule has 0 saturated carbocycles. The van der Waals surface area contributed by atoms with Crippen molar-refractivity contribution in [3.05, 3.63) is 65.2 Å². The molecule has 0 aliphatic rings. The lowest BCUT2D eigenvalue weighted by Crippen LogP contribution is -2.29. The summed E-state index contributed by atoms with van der Waals surface area (Å²) >= 11 is 6.08. The first kappa shape index (κ1) is 17.4. The Morgan fingerprint density at radius 1 is 1.09 bits per heavy atom. The van der Waals surface area contributed by atoms with E-state index in [1.54, 1.807) is 12.1 Å². The molecule has 122 valence electrons. The minimum absolute atomic E-state index is 0.285. The van der Waals surface area contributed by atoms with Gasteiger partial charge < -0.3 is 9.64 Å². The van der Waals surface area contributed by atoms with E-state index in [9.17, 15) is 4.79 Å². The summed E-state index contributed by atoms with van der Waals surface area (Å²) in [7, 11) is 0. The smallest absolute Gasteiger partial charge is 0.338 e. The summed E-state index contributed by atoms with van der Waals surface area (Å²) in [6.07, 6.45) is 2.19. The Hall–Kier alpha value is -2.00. The fourth-order valence-corrected chi connectivity index (χ4v) is 2.48. The number of anilines is 1. The molecule has 0 unspecified atom stereocenters. The number of unbranched alkanes of at least 4 members (excludes halogenated alkanes) is 1. The topological polar surface area (TPSA) is 29.5 Å². The quantitative estimate of drug-likeness (QED) is 0.650. The molecule has 0 bridgehead atoms. The van der Waals surface area contributed by atoms with Gasteiger partial charge in [-0.15, -0.1) is 0 Å². The molecule has 0 fully saturated rings. The Morgan fingerprint density at radius 3 is 2.57 bits per heavy atom. The van der Waals surface area contributed by atoms with Gasteiger partial charge in [0.05, 0.1) is 12.1 Å². The van der Waals surface area contributed by atoms with Crippen molar-refractivity contribution in [3.8, 4) is 0 Å². The summed E-state index contributed by atoms with van der Waals surface area (Å²) in [6, 6.07) is 16.8. The predicted octanol–water partition coefficient (Wildman–Crippen LogP) is 4.80. The van der Waals surface area contributed by atoms with Crippen molar-refractivity contribution < 1.29 is 9.53 Å². The van der Waals surface area contributed by atoms with Crippen LogP contribution in [0.4, 0.5) is 5.69 Å². The van der Waals surface area contributed by atoms with Crippen molar-refractivity contribution in [1.82, 2.24) is 0 Å². The summed E-state index contributed by atoms with van der Waals surface area (Å²) in [5, 5.41) is 0.713. The zero-order valence-electron chi connectivity index (χ0n) is 13.4. The van der Waals surface area contributed by atoms with Crippen molar-refractivity contribution in [2.24, 2.45) is 0 Å². The highest BCUT2D eigenvalue weighted by atomic mass is 35.5. The van der Waals surface area contributed by atoms with E-state index in [0.717, 1.165) is 25.1 Å². The molecule has 2 rings (SSSR count). The Kier molecular flexibility index (Phi) is 6.95. The number of carbonyl (C=O) groups excluding carboxylic acids is 1. The van der Waals surface area contributed by atoms with E-state index in [-0.39, 0.29) is 5.97 Å². The maximum absolute atomic E-state index is 12.0. The highest BCUT2D eigenvalue weighted by Gasteiger charge is 2.10. The van der Waals surface area contributed by atoms with E-state index >= 15 is 0 Å². The summed E-state index contributed by atoms with van der Waals surface area (Å²) in [5.74, 6) is -0.285. The standard InChI is InChI=1S/C19H22ClNO2/c1-2-3-12-21(18-11-7-10-17(20)15-18)13-14-23-19(22)16-8-5-4-6-9-16/h4-11,15H,2-3,12-14H2,1H3. The highest BCUT2D eigenvalue weighted by molar-refractivity contribution is 6.30. The average molecular weight is 332 g/mol. The average Bonchev–Trinajstić information content (AvgIpc) is 2.58. The molecule has 0 radical (unpaired) electrons. The van der Waals surface area contributed by atoms with E-state index < -0.39 is 0 Å². The molecule has 2 aromatic carbocycles. The number of halogens is 1. The van der Waals surface area contributed by atoms with Gasteiger partial charge in [0.25, 0.3) is 0 Å². The molecular formula is C19H22ClNO2. The molecule has 0 amide bonds. The number of hydrogen-bond acceptors (Lipinski definition) is 3. The van der Waals surface area contributed by atoms with Crippen LogP contribution in [0.3, 0.4) is 0 Å². The Bertz CT molecular complexity index is 616. The monoisotopic (exact) mass is 331 g/mol. The number of carbonyl (C=O) groups is 1. The molecule has 0 N–H and O–H groups in total. The van der Waals surface area contributed by atoms with Crippen LogP contribution in [-0.2, 0) is 4.74 Å². The first-order valence-corrected chi connectivity index (χ1v) is 8.31. The second kappa shape index (κ2) is 9.21. The van der Waals surface area contributed by atoms with Crippen molar-refractivity contribution in [1.29, 1.82) is 0 Å². The van der Waals surface area contributed by atoms with Crippen molar-refractivity contribution in [3.63, 3.8) is 0 Å². The third-order valence-electron chi connectivity index (χ3n) is 3.56. The summed E-state index contributed by atoms with van der Waals surface area (Å²) in [6.45, 7) is 4.08. The molecule has 0 aliphatic carbocycles. The van der Waals surface area contributed by atoms with E-state index in [1.165, 1.54) is 0 Å². The first-order chi connectivity index (χ1) is 11.2. The lowest BCUT2D eigenvalue weighted by atomic mass is 10.2. The zero-order valence-corrected chi connectivity index (χ0v) is 14.1. The molecule has 4 heteroatoms. The van der Waals surface area contributed by atoms with Crippen LogP contribution < -0.4 is 4.90 Å². The van der Waals surface area contributed by atoms with Gasteiger partial charge in [-0.25, -0.2) is 4.79 Å². The van der Waals surface area contributed by atoms with Crippen LogP contribution in [-0.4, -0.2) is 25.7 Å². The molecule has 0 aliphatic heterocycles. The summed E-state index contributed by atoms with van der Waals surface area (Å²) in [5.41, 5.74) is 1.64. The Balaban J connectivity index is 1.92. The lowest BCUT2D eigenvalue weighted by Gasteiger charge is -2.24. The van der Waals surface area contributed by atoms with Gasteiger partial charge in [0.2, 0.25) is 0 Å². The molecule has 23 heavy (non-hydrogen) atoms. The largest absolute Gasteiger partial charge is 0.460 e. The summed E-state index contributed by atoms with van der Waals surface area (Å²) in [4.78, 5) is 14.2. The molecule has 0 aromatic heterocycles. The van der Waals surface area contributed by atoms with Crippen LogP contribution in [0.15, 0.2) is 54.6 Å². The summed E-state index contributed by atoms with van der Waals surface area (Å²) < 4.78 is 5.38. The second-order valence-corrected chi connectivity index (χ2v) is 5.76. The van der Waals surface area contributed by atoms with Gasteiger partial charge in [-0.1, -0.05) is 49.2 Å². The fourth-order valence-electron chi connectivity index (χ4n) is 2.30. The third-order valence-corrected chi connectivity index (χ3v) is 3.79. The molecule has 0 atom stereocenters. The van der Waals surface area contributed by atoms with E-state index in [1.807, 2.05) is 42.5 Å². The second-order valence-electron chi connectivity index (χ2n) is 5.32. The predicted molar refractivity (Wildman–Crippen MR) is 95.3 cm³/mol. The zero-order chi connectivity index (χ0) is 16.5. The number of benzene rings is 2. The van der Waals surface area contributed by atoms with Gasteiger partial charge in [-0.05, 0) is 36.8 Å². The van der Waals surface area contributed by atoms with Crippen LogP contribution >= 0.6 is 11.6 Å². The third kappa shape index (κ3) is 5.61. The molecule has 2 aromatic rings. The maximum Gasteiger partial charge on any atom is 0.338 e. The number of rotatable bonds is 8. The first-order valence-electron chi connectivity index (χ1n) is 7.93. The van der Waals surface area contributed by atoms with E-state index in [2.05, 4.69) is 11.8 Å².